The molecule has 3 heterocycles. The molecule has 120 valence electrons. The summed E-state index contributed by atoms with van der Waals surface area (Å²) in [6.45, 7) is 1.67. The minimum absolute atomic E-state index is 0.160. The molecule has 3 rings (SSSR count). The number of likely N-dealkylation sites (N-methyl/N-ethyl adjacent to an activating group) is 1. The van der Waals surface area contributed by atoms with Crippen LogP contribution in [0, 0.1) is 0 Å². The van der Waals surface area contributed by atoms with Crippen molar-refractivity contribution < 1.29 is 4.79 Å². The molecule has 3 aromatic rings. The SMILES string of the molecule is CN(C)CCn1cc(NC(=O)c2sc3cccnc3c2Br)cn1. The van der Waals surface area contributed by atoms with E-state index in [-0.39, 0.29) is 5.91 Å². The molecule has 0 aliphatic heterocycles. The summed E-state index contributed by atoms with van der Waals surface area (Å²) in [6.07, 6.45) is 5.21. The Morgan fingerprint density at radius 2 is 2.30 bits per heavy atom. The molecule has 1 amide bonds. The second-order valence-electron chi connectivity index (χ2n) is 5.34. The van der Waals surface area contributed by atoms with Gasteiger partial charge >= 0.3 is 0 Å². The number of amides is 1. The molecule has 0 aliphatic carbocycles. The van der Waals surface area contributed by atoms with Crippen molar-refractivity contribution in [2.24, 2.45) is 0 Å². The van der Waals surface area contributed by atoms with Gasteiger partial charge in [0.05, 0.1) is 33.1 Å². The molecule has 0 bridgehead atoms. The Kier molecular flexibility index (Phi) is 4.74. The monoisotopic (exact) mass is 393 g/mol. The lowest BCUT2D eigenvalue weighted by Crippen LogP contribution is -2.18. The zero-order valence-electron chi connectivity index (χ0n) is 12.8. The first-order chi connectivity index (χ1) is 11.0. The van der Waals surface area contributed by atoms with E-state index in [1.54, 1.807) is 12.4 Å². The molecule has 23 heavy (non-hydrogen) atoms. The summed E-state index contributed by atoms with van der Waals surface area (Å²) in [5, 5.41) is 7.14. The fourth-order valence-corrected chi connectivity index (χ4v) is 3.90. The topological polar surface area (TPSA) is 63.0 Å². The van der Waals surface area contributed by atoms with Crippen molar-refractivity contribution in [3.8, 4) is 0 Å². The quantitative estimate of drug-likeness (QED) is 0.723. The van der Waals surface area contributed by atoms with Crippen molar-refractivity contribution in [3.05, 3.63) is 40.1 Å². The molecule has 0 aliphatic rings. The predicted octanol–water partition coefficient (Wildman–Crippen LogP) is 3.07. The van der Waals surface area contributed by atoms with Crippen molar-refractivity contribution in [1.29, 1.82) is 0 Å². The van der Waals surface area contributed by atoms with Crippen LogP contribution < -0.4 is 5.32 Å². The van der Waals surface area contributed by atoms with Crippen LogP contribution in [0.3, 0.4) is 0 Å². The van der Waals surface area contributed by atoms with E-state index in [2.05, 4.69) is 36.2 Å². The van der Waals surface area contributed by atoms with Gasteiger partial charge in [0.15, 0.2) is 0 Å². The van der Waals surface area contributed by atoms with Gasteiger partial charge in [0.2, 0.25) is 0 Å². The number of carbonyl (C=O) groups excluding carboxylic acids is 1. The smallest absolute Gasteiger partial charge is 0.267 e. The number of hydrogen-bond acceptors (Lipinski definition) is 5. The molecule has 0 radical (unpaired) electrons. The first-order valence-corrected chi connectivity index (χ1v) is 8.67. The third-order valence-corrected chi connectivity index (χ3v) is 5.44. The van der Waals surface area contributed by atoms with E-state index in [4.69, 9.17) is 0 Å². The summed E-state index contributed by atoms with van der Waals surface area (Å²) in [5.41, 5.74) is 1.50. The largest absolute Gasteiger partial charge is 0.319 e. The van der Waals surface area contributed by atoms with Gasteiger partial charge < -0.3 is 10.2 Å². The summed E-state index contributed by atoms with van der Waals surface area (Å²) in [6, 6.07) is 3.82. The number of nitrogens with one attached hydrogen (secondary N) is 1. The van der Waals surface area contributed by atoms with E-state index in [0.717, 1.165) is 27.8 Å². The van der Waals surface area contributed by atoms with Gasteiger partial charge in [-0.05, 0) is 42.2 Å². The lowest BCUT2D eigenvalue weighted by molar-refractivity contribution is 0.103. The highest BCUT2D eigenvalue weighted by Gasteiger charge is 2.18. The lowest BCUT2D eigenvalue weighted by atomic mass is 10.3. The normalized spacial score (nSPS) is 11.3. The van der Waals surface area contributed by atoms with Crippen molar-refractivity contribution >= 4 is 49.1 Å². The number of hydrogen-bond donors (Lipinski definition) is 1. The minimum atomic E-state index is -0.160. The van der Waals surface area contributed by atoms with Crippen LogP contribution in [0.25, 0.3) is 10.2 Å². The van der Waals surface area contributed by atoms with Gasteiger partial charge in [-0.3, -0.25) is 14.5 Å². The first kappa shape index (κ1) is 16.1. The highest BCUT2D eigenvalue weighted by molar-refractivity contribution is 9.10. The number of rotatable bonds is 5. The van der Waals surface area contributed by atoms with Crippen LogP contribution in [0.15, 0.2) is 35.2 Å². The lowest BCUT2D eigenvalue weighted by Gasteiger charge is -2.08. The molecule has 0 fully saturated rings. The van der Waals surface area contributed by atoms with E-state index >= 15 is 0 Å². The number of halogens is 1. The molecule has 0 spiro atoms. The van der Waals surface area contributed by atoms with Gasteiger partial charge in [-0.1, -0.05) is 0 Å². The Morgan fingerprint density at radius 3 is 3.04 bits per heavy atom. The highest BCUT2D eigenvalue weighted by Crippen LogP contribution is 2.34. The zero-order valence-corrected chi connectivity index (χ0v) is 15.2. The molecule has 0 unspecified atom stereocenters. The van der Waals surface area contributed by atoms with Gasteiger partial charge in [0, 0.05) is 18.9 Å². The number of thiophene rings is 1. The van der Waals surface area contributed by atoms with Crippen LogP contribution in [-0.4, -0.2) is 46.2 Å². The fraction of sp³-hybridized carbons (Fsp3) is 0.267. The molecule has 6 nitrogen and oxygen atoms in total. The molecule has 0 atom stereocenters. The standard InChI is InChI=1S/C15H16BrN5OS/c1-20(2)6-7-21-9-10(8-18-21)19-15(22)14-12(16)13-11(23-14)4-3-5-17-13/h3-5,8-9H,6-7H2,1-2H3,(H,19,22). The van der Waals surface area contributed by atoms with Gasteiger partial charge in [-0.2, -0.15) is 5.10 Å². The summed E-state index contributed by atoms with van der Waals surface area (Å²) < 4.78 is 3.53. The highest BCUT2D eigenvalue weighted by atomic mass is 79.9. The second kappa shape index (κ2) is 6.77. The Balaban J connectivity index is 1.74. The van der Waals surface area contributed by atoms with Crippen LogP contribution in [0.4, 0.5) is 5.69 Å². The van der Waals surface area contributed by atoms with E-state index < -0.39 is 0 Å². The summed E-state index contributed by atoms with van der Waals surface area (Å²) >= 11 is 4.89. The molecular formula is C15H16BrN5OS. The van der Waals surface area contributed by atoms with Gasteiger partial charge in [0.25, 0.3) is 5.91 Å². The van der Waals surface area contributed by atoms with E-state index in [0.29, 0.717) is 10.6 Å². The summed E-state index contributed by atoms with van der Waals surface area (Å²) in [7, 11) is 4.03. The minimum Gasteiger partial charge on any atom is -0.319 e. The summed E-state index contributed by atoms with van der Waals surface area (Å²) in [5.74, 6) is -0.160. The fourth-order valence-electron chi connectivity index (χ4n) is 2.09. The maximum atomic E-state index is 12.5. The number of carbonyl (C=O) groups is 1. The molecule has 1 N–H and O–H groups in total. The predicted molar refractivity (Wildman–Crippen MR) is 96.1 cm³/mol. The number of fused-ring (bicyclic) bond motifs is 1. The van der Waals surface area contributed by atoms with Crippen LogP contribution in [-0.2, 0) is 6.54 Å². The third kappa shape index (κ3) is 3.60. The average Bonchev–Trinajstić information content (AvgIpc) is 3.10. The second-order valence-corrected chi connectivity index (χ2v) is 7.19. The number of aromatic nitrogens is 3. The maximum absolute atomic E-state index is 12.5. The molecule has 8 heteroatoms. The molecule has 0 saturated heterocycles. The Morgan fingerprint density at radius 1 is 1.48 bits per heavy atom. The third-order valence-electron chi connectivity index (χ3n) is 3.26. The number of nitrogens with zero attached hydrogens (tertiary/aromatic N) is 4. The summed E-state index contributed by atoms with van der Waals surface area (Å²) in [4.78, 5) is 19.5. The van der Waals surface area contributed by atoms with Crippen LogP contribution in [0.1, 0.15) is 9.67 Å². The molecular weight excluding hydrogens is 378 g/mol. The Bertz CT molecular complexity index is 841. The average molecular weight is 394 g/mol. The zero-order chi connectivity index (χ0) is 16.4. The van der Waals surface area contributed by atoms with Gasteiger partial charge in [-0.25, -0.2) is 0 Å². The van der Waals surface area contributed by atoms with Crippen molar-refractivity contribution in [1.82, 2.24) is 19.7 Å². The van der Waals surface area contributed by atoms with E-state index in [9.17, 15) is 4.79 Å². The molecule has 3 aromatic heterocycles. The first-order valence-electron chi connectivity index (χ1n) is 7.06. The van der Waals surface area contributed by atoms with E-state index in [1.807, 2.05) is 37.1 Å². The van der Waals surface area contributed by atoms with Gasteiger partial charge in [0.1, 0.15) is 4.88 Å². The molecule has 0 saturated carbocycles. The van der Waals surface area contributed by atoms with E-state index in [1.165, 1.54) is 11.3 Å². The number of pyridine rings is 1. The van der Waals surface area contributed by atoms with Crippen molar-refractivity contribution in [3.63, 3.8) is 0 Å². The number of anilines is 1. The molecule has 0 aromatic carbocycles. The van der Waals surface area contributed by atoms with Crippen LogP contribution in [0.2, 0.25) is 0 Å². The van der Waals surface area contributed by atoms with Gasteiger partial charge in [-0.15, -0.1) is 11.3 Å². The Hall–Kier alpha value is -1.77. The Labute approximate surface area is 146 Å². The van der Waals surface area contributed by atoms with Crippen LogP contribution in [0.5, 0.6) is 0 Å². The van der Waals surface area contributed by atoms with Crippen molar-refractivity contribution in [2.45, 2.75) is 6.54 Å². The van der Waals surface area contributed by atoms with Crippen molar-refractivity contribution in [2.75, 3.05) is 26.0 Å². The maximum Gasteiger partial charge on any atom is 0.267 e. The van der Waals surface area contributed by atoms with Crippen LogP contribution >= 0.6 is 27.3 Å².